The van der Waals surface area contributed by atoms with Crippen LogP contribution in [0.4, 0.5) is 5.69 Å². The Morgan fingerprint density at radius 1 is 1.17 bits per heavy atom. The fourth-order valence-corrected chi connectivity index (χ4v) is 3.46. The molecule has 1 saturated heterocycles. The molecule has 1 aliphatic rings. The number of rotatable bonds is 3. The summed E-state index contributed by atoms with van der Waals surface area (Å²) < 4.78 is 1.85. The minimum atomic E-state index is -0.181. The van der Waals surface area contributed by atoms with Crippen molar-refractivity contribution in [2.24, 2.45) is 5.41 Å². The van der Waals surface area contributed by atoms with Crippen LogP contribution in [0.3, 0.4) is 0 Å². The number of hydrogen-bond donors (Lipinski definition) is 0. The summed E-state index contributed by atoms with van der Waals surface area (Å²) in [5.74, 6) is 0.144. The molecule has 2 heterocycles. The topological polar surface area (TPSA) is 38.1 Å². The minimum absolute atomic E-state index is 0.144. The molecule has 0 bridgehead atoms. The molecule has 1 aromatic carbocycles. The maximum Gasteiger partial charge on any atom is 0.251 e. The molecule has 1 aliphatic heterocycles. The van der Waals surface area contributed by atoms with E-state index in [0.717, 1.165) is 30.8 Å². The van der Waals surface area contributed by atoms with E-state index in [-0.39, 0.29) is 17.4 Å². The zero-order valence-corrected chi connectivity index (χ0v) is 15.3. The van der Waals surface area contributed by atoms with E-state index >= 15 is 0 Å². The van der Waals surface area contributed by atoms with E-state index in [1.807, 2.05) is 21.8 Å². The van der Waals surface area contributed by atoms with Crippen molar-refractivity contribution in [3.63, 3.8) is 0 Å². The highest BCUT2D eigenvalue weighted by Gasteiger charge is 2.34. The van der Waals surface area contributed by atoms with Crippen LogP contribution < -0.4 is 4.90 Å². The summed E-state index contributed by atoms with van der Waals surface area (Å²) in [6.07, 6.45) is 3.68. The minimum Gasteiger partial charge on any atom is -0.310 e. The molecule has 1 amide bonds. The molecular weight excluding hydrogens is 298 g/mol. The maximum absolute atomic E-state index is 12.9. The van der Waals surface area contributed by atoms with E-state index < -0.39 is 0 Å². The lowest BCUT2D eigenvalue weighted by molar-refractivity contribution is -0.120. The lowest BCUT2D eigenvalue weighted by Crippen LogP contribution is -2.28. The van der Waals surface area contributed by atoms with Crippen molar-refractivity contribution in [2.75, 3.05) is 11.4 Å². The van der Waals surface area contributed by atoms with Crippen LogP contribution in [0.15, 0.2) is 30.5 Å². The van der Waals surface area contributed by atoms with Gasteiger partial charge in [0.25, 0.3) is 5.91 Å². The van der Waals surface area contributed by atoms with E-state index in [1.54, 1.807) is 0 Å². The summed E-state index contributed by atoms with van der Waals surface area (Å²) in [5.41, 5.74) is 4.63. The summed E-state index contributed by atoms with van der Waals surface area (Å²) >= 11 is 0. The van der Waals surface area contributed by atoms with Crippen molar-refractivity contribution in [3.05, 3.63) is 47.3 Å². The van der Waals surface area contributed by atoms with Gasteiger partial charge in [-0.15, -0.1) is 0 Å². The number of benzene rings is 1. The van der Waals surface area contributed by atoms with E-state index in [0.29, 0.717) is 0 Å². The van der Waals surface area contributed by atoms with Gasteiger partial charge in [-0.2, -0.15) is 5.10 Å². The molecule has 2 aromatic rings. The van der Waals surface area contributed by atoms with Gasteiger partial charge in [0.05, 0.1) is 5.69 Å². The lowest BCUT2D eigenvalue weighted by Gasteiger charge is -2.18. The predicted molar refractivity (Wildman–Crippen MR) is 97.3 cm³/mol. The quantitative estimate of drug-likeness (QED) is 0.853. The Balaban J connectivity index is 1.79. The summed E-state index contributed by atoms with van der Waals surface area (Å²) in [4.78, 5) is 14.8. The normalized spacial score (nSPS) is 18.5. The number of carbonyl (C=O) groups is 1. The maximum atomic E-state index is 12.9. The van der Waals surface area contributed by atoms with Gasteiger partial charge in [0.1, 0.15) is 6.04 Å². The van der Waals surface area contributed by atoms with Crippen molar-refractivity contribution in [1.29, 1.82) is 0 Å². The average Bonchev–Trinajstić information content (AvgIpc) is 3.02. The number of anilines is 1. The third-order valence-corrected chi connectivity index (χ3v) is 4.39. The Morgan fingerprint density at radius 2 is 1.83 bits per heavy atom. The molecule has 1 aromatic heterocycles. The fraction of sp³-hybridized carbons (Fsp3) is 0.500. The summed E-state index contributed by atoms with van der Waals surface area (Å²) in [6.45, 7) is 11.5. The molecule has 0 spiro atoms. The Labute approximate surface area is 144 Å². The van der Waals surface area contributed by atoms with Crippen LogP contribution in [-0.2, 0) is 11.2 Å². The van der Waals surface area contributed by atoms with Crippen molar-refractivity contribution in [3.8, 4) is 0 Å². The number of amides is 1. The third-order valence-electron chi connectivity index (χ3n) is 4.39. The third kappa shape index (κ3) is 3.53. The van der Waals surface area contributed by atoms with Crippen molar-refractivity contribution in [2.45, 2.75) is 53.5 Å². The van der Waals surface area contributed by atoms with Gasteiger partial charge < -0.3 is 4.90 Å². The molecule has 0 saturated carbocycles. The van der Waals surface area contributed by atoms with Crippen LogP contribution in [-0.4, -0.2) is 22.2 Å². The molecule has 1 atom stereocenters. The lowest BCUT2D eigenvalue weighted by atomic mass is 9.91. The van der Waals surface area contributed by atoms with Crippen molar-refractivity contribution >= 4 is 11.6 Å². The van der Waals surface area contributed by atoms with Gasteiger partial charge in [0.15, 0.2) is 0 Å². The van der Waals surface area contributed by atoms with E-state index in [4.69, 9.17) is 0 Å². The Kier molecular flexibility index (Phi) is 4.24. The number of aromatic nitrogens is 2. The Bertz CT molecular complexity index is 734. The molecule has 3 rings (SSSR count). The van der Waals surface area contributed by atoms with Gasteiger partial charge >= 0.3 is 0 Å². The first-order valence-corrected chi connectivity index (χ1v) is 8.67. The largest absolute Gasteiger partial charge is 0.310 e. The molecule has 128 valence electrons. The second-order valence-corrected chi connectivity index (χ2v) is 8.16. The van der Waals surface area contributed by atoms with Crippen LogP contribution in [0.5, 0.6) is 0 Å². The zero-order valence-electron chi connectivity index (χ0n) is 15.3. The Morgan fingerprint density at radius 3 is 2.46 bits per heavy atom. The van der Waals surface area contributed by atoms with Gasteiger partial charge in [0, 0.05) is 18.4 Å². The number of aryl methyl sites for hydroxylation is 2. The highest BCUT2D eigenvalue weighted by atomic mass is 16.2. The van der Waals surface area contributed by atoms with Crippen molar-refractivity contribution < 1.29 is 4.79 Å². The van der Waals surface area contributed by atoms with E-state index in [1.165, 1.54) is 11.1 Å². The molecule has 1 fully saturated rings. The highest BCUT2D eigenvalue weighted by molar-refractivity contribution is 5.98. The zero-order chi connectivity index (χ0) is 17.5. The average molecular weight is 325 g/mol. The number of hydrogen-bond acceptors (Lipinski definition) is 2. The standard InChI is InChI=1S/C20H27N3O/c1-14-10-15(2)12-17(11-14)22-8-7-18(19(22)24)23-9-6-16(21-23)13-20(3,4)5/h6,9-12,18H,7-8,13H2,1-5H3. The molecule has 4 nitrogen and oxygen atoms in total. The first-order valence-electron chi connectivity index (χ1n) is 8.67. The molecule has 1 unspecified atom stereocenters. The monoisotopic (exact) mass is 325 g/mol. The first kappa shape index (κ1) is 16.7. The fourth-order valence-electron chi connectivity index (χ4n) is 3.46. The predicted octanol–water partition coefficient (Wildman–Crippen LogP) is 4.07. The smallest absolute Gasteiger partial charge is 0.251 e. The first-order chi connectivity index (χ1) is 11.2. The van der Waals surface area contributed by atoms with Crippen LogP contribution >= 0.6 is 0 Å². The molecular formula is C20H27N3O. The summed E-state index contributed by atoms with van der Waals surface area (Å²) in [6, 6.07) is 8.16. The Hall–Kier alpha value is -2.10. The van der Waals surface area contributed by atoms with E-state index in [2.05, 4.69) is 57.9 Å². The van der Waals surface area contributed by atoms with Crippen LogP contribution in [0.2, 0.25) is 0 Å². The molecule has 4 heteroatoms. The van der Waals surface area contributed by atoms with Crippen LogP contribution in [0.25, 0.3) is 0 Å². The van der Waals surface area contributed by atoms with Crippen LogP contribution in [0, 0.1) is 19.3 Å². The van der Waals surface area contributed by atoms with Gasteiger partial charge in [0.2, 0.25) is 0 Å². The van der Waals surface area contributed by atoms with Gasteiger partial charge in [-0.05, 0) is 61.4 Å². The van der Waals surface area contributed by atoms with Gasteiger partial charge in [-0.25, -0.2) is 0 Å². The molecule has 24 heavy (non-hydrogen) atoms. The second kappa shape index (κ2) is 6.08. The van der Waals surface area contributed by atoms with Crippen LogP contribution in [0.1, 0.15) is 50.1 Å². The second-order valence-electron chi connectivity index (χ2n) is 8.16. The number of carbonyl (C=O) groups excluding carboxylic acids is 1. The SMILES string of the molecule is Cc1cc(C)cc(N2CCC(n3ccc(CC(C)(C)C)n3)C2=O)c1. The number of nitrogens with zero attached hydrogens (tertiary/aromatic N) is 3. The molecule has 0 aliphatic carbocycles. The van der Waals surface area contributed by atoms with Gasteiger partial charge in [-0.3, -0.25) is 9.48 Å². The molecule has 0 radical (unpaired) electrons. The van der Waals surface area contributed by atoms with Crippen molar-refractivity contribution in [1.82, 2.24) is 9.78 Å². The summed E-state index contributed by atoms with van der Waals surface area (Å²) in [5, 5.41) is 4.66. The van der Waals surface area contributed by atoms with Gasteiger partial charge in [-0.1, -0.05) is 26.8 Å². The van der Waals surface area contributed by atoms with E-state index in [9.17, 15) is 4.79 Å². The molecule has 0 N–H and O–H groups in total. The summed E-state index contributed by atoms with van der Waals surface area (Å²) in [7, 11) is 0. The highest BCUT2D eigenvalue weighted by Crippen LogP contribution is 2.30.